The van der Waals surface area contributed by atoms with Crippen LogP contribution in [0.4, 0.5) is 11.4 Å². The van der Waals surface area contributed by atoms with Crippen molar-refractivity contribution in [3.63, 3.8) is 0 Å². The van der Waals surface area contributed by atoms with Gasteiger partial charge >= 0.3 is 7.79 Å². The van der Waals surface area contributed by atoms with Gasteiger partial charge in [-0.3, -0.25) is 9.63 Å². The van der Waals surface area contributed by atoms with E-state index in [1.54, 1.807) is 7.05 Å². The Morgan fingerprint density at radius 1 is 1.07 bits per heavy atom. The molecule has 2 aromatic rings. The van der Waals surface area contributed by atoms with Crippen molar-refractivity contribution < 1.29 is 14.5 Å². The summed E-state index contributed by atoms with van der Waals surface area (Å²) in [6.07, 6.45) is 0.0152. The van der Waals surface area contributed by atoms with Crippen molar-refractivity contribution in [3.8, 4) is 0 Å². The number of carbonyl (C=O) groups is 1. The molecule has 0 atom stereocenters. The van der Waals surface area contributed by atoms with E-state index in [-0.39, 0.29) is 12.3 Å². The fraction of sp³-hybridized carbons (Fsp3) is 0.250. The van der Waals surface area contributed by atoms with Crippen LogP contribution in [0.5, 0.6) is 0 Å². The van der Waals surface area contributed by atoms with Crippen LogP contribution in [0.1, 0.15) is 6.42 Å². The van der Waals surface area contributed by atoms with E-state index in [1.807, 2.05) is 70.0 Å². The topological polar surface area (TPSA) is 56.3 Å². The van der Waals surface area contributed by atoms with Gasteiger partial charge in [-0.1, -0.05) is 43.0 Å². The zero-order valence-corrected chi connectivity index (χ0v) is 16.5. The van der Waals surface area contributed by atoms with Crippen molar-refractivity contribution in [2.24, 2.45) is 0 Å². The van der Waals surface area contributed by atoms with Gasteiger partial charge < -0.3 is 0 Å². The van der Waals surface area contributed by atoms with Gasteiger partial charge in [0.05, 0.1) is 38.0 Å². The summed E-state index contributed by atoms with van der Waals surface area (Å²) in [5.74, 6) is -0.246. The SMILES string of the molecule is C=C(CC(=O)N(C)OC)[P+]1(O)N(c2ccccc2)CCN1c1ccccc1. The van der Waals surface area contributed by atoms with E-state index in [1.165, 1.54) is 7.11 Å². The smallest absolute Gasteiger partial charge is 0.275 e. The Morgan fingerprint density at radius 2 is 1.52 bits per heavy atom. The molecule has 7 heteroatoms. The van der Waals surface area contributed by atoms with Crippen molar-refractivity contribution in [1.82, 2.24) is 5.06 Å². The second-order valence-electron chi connectivity index (χ2n) is 6.30. The zero-order chi connectivity index (χ0) is 19.4. The van der Waals surface area contributed by atoms with Gasteiger partial charge in [0.1, 0.15) is 5.31 Å². The number of rotatable bonds is 6. The van der Waals surface area contributed by atoms with Gasteiger partial charge in [-0.25, -0.2) is 5.06 Å². The number of nitrogens with zero attached hydrogens (tertiary/aromatic N) is 3. The van der Waals surface area contributed by atoms with E-state index < -0.39 is 7.79 Å². The predicted molar refractivity (Wildman–Crippen MR) is 110 cm³/mol. The Bertz CT molecular complexity index is 753. The molecule has 1 fully saturated rings. The standard InChI is InChI=1S/C20H25N3O3P/c1-17(16-20(24)21(2)26-3)27(25)22(18-10-6-4-7-11-18)14-15-23(27)19-12-8-5-9-13-19/h4-13,25H,1,14-16H2,2-3H3/q+1. The number of amides is 1. The highest BCUT2D eigenvalue weighted by atomic mass is 31.2. The minimum atomic E-state index is -3.01. The van der Waals surface area contributed by atoms with Gasteiger partial charge in [-0.15, -0.1) is 0 Å². The molecule has 3 rings (SSSR count). The quantitative estimate of drug-likeness (QED) is 0.606. The lowest BCUT2D eigenvalue weighted by Gasteiger charge is -2.32. The summed E-state index contributed by atoms with van der Waals surface area (Å²) in [5.41, 5.74) is 1.83. The molecule has 0 aliphatic carbocycles. The van der Waals surface area contributed by atoms with Crippen LogP contribution in [0.2, 0.25) is 0 Å². The first-order chi connectivity index (χ1) is 13.0. The highest BCUT2D eigenvalue weighted by Crippen LogP contribution is 2.72. The van der Waals surface area contributed by atoms with Gasteiger partial charge in [0.15, 0.2) is 0 Å². The van der Waals surface area contributed by atoms with Crippen LogP contribution < -0.4 is 9.34 Å². The average molecular weight is 386 g/mol. The molecular formula is C20H25N3O3P+. The molecule has 142 valence electrons. The fourth-order valence-corrected chi connectivity index (χ4v) is 6.15. The Balaban J connectivity index is 1.99. The molecule has 1 aliphatic heterocycles. The Kier molecular flexibility index (Phi) is 5.80. The second-order valence-corrected chi connectivity index (χ2v) is 9.04. The summed E-state index contributed by atoms with van der Waals surface area (Å²) < 4.78 is 3.98. The molecule has 0 aromatic heterocycles. The van der Waals surface area contributed by atoms with E-state index in [0.717, 1.165) is 16.4 Å². The molecule has 1 heterocycles. The van der Waals surface area contributed by atoms with Gasteiger partial charge in [0, 0.05) is 7.05 Å². The monoisotopic (exact) mass is 386 g/mol. The minimum absolute atomic E-state index is 0.0152. The van der Waals surface area contributed by atoms with E-state index in [9.17, 15) is 9.69 Å². The van der Waals surface area contributed by atoms with Gasteiger partial charge in [0.25, 0.3) is 5.91 Å². The Labute approximate surface area is 160 Å². The zero-order valence-electron chi connectivity index (χ0n) is 15.7. The van der Waals surface area contributed by atoms with Crippen LogP contribution in [0.3, 0.4) is 0 Å². The summed E-state index contributed by atoms with van der Waals surface area (Å²) in [6, 6.07) is 19.5. The van der Waals surface area contributed by atoms with E-state index in [2.05, 4.69) is 6.58 Å². The highest BCUT2D eigenvalue weighted by molar-refractivity contribution is 7.77. The van der Waals surface area contributed by atoms with Crippen molar-refractivity contribution in [2.45, 2.75) is 6.42 Å². The molecule has 27 heavy (non-hydrogen) atoms. The first-order valence-electron chi connectivity index (χ1n) is 8.75. The summed E-state index contributed by atoms with van der Waals surface area (Å²) in [6.45, 7) is 5.43. The molecule has 0 saturated carbocycles. The van der Waals surface area contributed by atoms with Gasteiger partial charge in [-0.05, 0) is 24.3 Å². The second kappa shape index (κ2) is 8.09. The minimum Gasteiger partial charge on any atom is -0.275 e. The van der Waals surface area contributed by atoms with E-state index in [0.29, 0.717) is 18.4 Å². The molecule has 1 aliphatic rings. The van der Waals surface area contributed by atoms with Crippen molar-refractivity contribution in [3.05, 3.63) is 72.6 Å². The molecule has 1 N–H and O–H groups in total. The fourth-order valence-electron chi connectivity index (χ4n) is 3.21. The first kappa shape index (κ1) is 19.4. The number of hydrogen-bond acceptors (Lipinski definition) is 5. The molecule has 0 bridgehead atoms. The average Bonchev–Trinajstić information content (AvgIpc) is 3.07. The lowest BCUT2D eigenvalue weighted by atomic mass is 10.3. The number of carbonyl (C=O) groups excluding carboxylic acids is 1. The van der Waals surface area contributed by atoms with Crippen molar-refractivity contribution in [1.29, 1.82) is 0 Å². The van der Waals surface area contributed by atoms with E-state index in [4.69, 9.17) is 4.84 Å². The summed E-state index contributed by atoms with van der Waals surface area (Å²) in [4.78, 5) is 29.3. The van der Waals surface area contributed by atoms with Crippen LogP contribution in [0, 0.1) is 0 Å². The summed E-state index contributed by atoms with van der Waals surface area (Å²) >= 11 is 0. The van der Waals surface area contributed by atoms with Crippen LogP contribution in [0.25, 0.3) is 0 Å². The van der Waals surface area contributed by atoms with Crippen LogP contribution in [-0.2, 0) is 9.63 Å². The van der Waals surface area contributed by atoms with Gasteiger partial charge in [0.2, 0.25) is 0 Å². The highest BCUT2D eigenvalue weighted by Gasteiger charge is 2.58. The number of para-hydroxylation sites is 2. The first-order valence-corrected chi connectivity index (χ1v) is 10.4. The molecular weight excluding hydrogens is 361 g/mol. The van der Waals surface area contributed by atoms with Crippen molar-refractivity contribution >= 4 is 25.1 Å². The van der Waals surface area contributed by atoms with Crippen LogP contribution in [-0.4, -0.2) is 43.1 Å². The molecule has 0 unspecified atom stereocenters. The molecule has 0 radical (unpaired) electrons. The lowest BCUT2D eigenvalue weighted by molar-refractivity contribution is -0.167. The third kappa shape index (κ3) is 3.69. The van der Waals surface area contributed by atoms with Crippen LogP contribution in [0.15, 0.2) is 72.6 Å². The molecule has 1 saturated heterocycles. The number of hydrogen-bond donors (Lipinski definition) is 1. The third-order valence-electron chi connectivity index (χ3n) is 4.71. The van der Waals surface area contributed by atoms with Crippen molar-refractivity contribution in [2.75, 3.05) is 36.6 Å². The summed E-state index contributed by atoms with van der Waals surface area (Å²) in [5, 5.41) is 1.66. The maximum Gasteiger partial charge on any atom is 0.362 e. The molecule has 1 amide bonds. The molecule has 2 aromatic carbocycles. The largest absolute Gasteiger partial charge is 0.362 e. The Hall–Kier alpha value is -2.40. The van der Waals surface area contributed by atoms with Crippen LogP contribution >= 0.6 is 7.79 Å². The number of anilines is 2. The predicted octanol–water partition coefficient (Wildman–Crippen LogP) is 3.69. The molecule has 6 nitrogen and oxygen atoms in total. The Morgan fingerprint density at radius 3 is 1.93 bits per heavy atom. The third-order valence-corrected chi connectivity index (χ3v) is 7.93. The lowest BCUT2D eigenvalue weighted by Crippen LogP contribution is -2.30. The maximum atomic E-state index is 12.4. The maximum absolute atomic E-state index is 12.4. The number of benzene rings is 2. The number of hydroxylamine groups is 2. The molecule has 0 spiro atoms. The summed E-state index contributed by atoms with van der Waals surface area (Å²) in [7, 11) is -0.0207. The normalized spacial score (nSPS) is 15.7. The van der Waals surface area contributed by atoms with E-state index >= 15 is 0 Å². The van der Waals surface area contributed by atoms with Gasteiger partial charge in [-0.2, -0.15) is 14.2 Å².